The van der Waals surface area contributed by atoms with Crippen LogP contribution in [0.15, 0.2) is 29.2 Å². The van der Waals surface area contributed by atoms with Crippen molar-refractivity contribution < 1.29 is 22.7 Å². The third-order valence-electron chi connectivity index (χ3n) is 3.64. The molecule has 0 N–H and O–H groups in total. The Kier molecular flexibility index (Phi) is 4.82. The Bertz CT molecular complexity index is 656. The highest BCUT2D eigenvalue weighted by atomic mass is 32.2. The monoisotopic (exact) mass is 326 g/mol. The zero-order valence-electron chi connectivity index (χ0n) is 12.4. The van der Waals surface area contributed by atoms with Gasteiger partial charge in [0.25, 0.3) is 0 Å². The SMILES string of the molecule is COc1ccc(S(=O)(=O)N2CCN(C(C)=O)C[C@@H]2C=O)cc1. The largest absolute Gasteiger partial charge is 0.497 e. The second-order valence-electron chi connectivity index (χ2n) is 4.96. The minimum atomic E-state index is -3.79. The van der Waals surface area contributed by atoms with Gasteiger partial charge < -0.3 is 14.4 Å². The van der Waals surface area contributed by atoms with Crippen LogP contribution in [0, 0.1) is 0 Å². The summed E-state index contributed by atoms with van der Waals surface area (Å²) in [5.74, 6) is 0.376. The van der Waals surface area contributed by atoms with Crippen molar-refractivity contribution in [2.24, 2.45) is 0 Å². The lowest BCUT2D eigenvalue weighted by molar-refractivity contribution is -0.131. The number of nitrogens with zero attached hydrogens (tertiary/aromatic N) is 2. The summed E-state index contributed by atoms with van der Waals surface area (Å²) in [6, 6.07) is 5.11. The number of sulfonamides is 1. The van der Waals surface area contributed by atoms with Crippen molar-refractivity contribution >= 4 is 22.2 Å². The second-order valence-corrected chi connectivity index (χ2v) is 6.85. The molecule has 1 amide bonds. The molecular formula is C14H18N2O5S. The van der Waals surface area contributed by atoms with Crippen LogP contribution in [-0.4, -0.2) is 62.6 Å². The number of rotatable bonds is 4. The smallest absolute Gasteiger partial charge is 0.243 e. The maximum atomic E-state index is 12.7. The number of hydrogen-bond donors (Lipinski definition) is 0. The van der Waals surface area contributed by atoms with Crippen LogP contribution in [0.1, 0.15) is 6.92 Å². The lowest BCUT2D eigenvalue weighted by atomic mass is 10.2. The van der Waals surface area contributed by atoms with Crippen LogP contribution in [0.25, 0.3) is 0 Å². The molecule has 22 heavy (non-hydrogen) atoms. The lowest BCUT2D eigenvalue weighted by Crippen LogP contribution is -2.56. The van der Waals surface area contributed by atoms with Crippen molar-refractivity contribution in [2.75, 3.05) is 26.7 Å². The van der Waals surface area contributed by atoms with Gasteiger partial charge in [0.15, 0.2) is 0 Å². The molecule has 0 radical (unpaired) electrons. The summed E-state index contributed by atoms with van der Waals surface area (Å²) in [6.07, 6.45) is 0.566. The molecule has 7 nitrogen and oxygen atoms in total. The molecule has 1 aromatic rings. The Morgan fingerprint density at radius 3 is 2.41 bits per heavy atom. The van der Waals surface area contributed by atoms with E-state index in [1.807, 2.05) is 0 Å². The second kappa shape index (κ2) is 6.45. The van der Waals surface area contributed by atoms with E-state index in [2.05, 4.69) is 0 Å². The third kappa shape index (κ3) is 3.12. The van der Waals surface area contributed by atoms with Crippen LogP contribution in [0.3, 0.4) is 0 Å². The normalized spacial score (nSPS) is 19.7. The number of carbonyl (C=O) groups excluding carboxylic acids is 2. The molecule has 0 aliphatic carbocycles. The first-order valence-corrected chi connectivity index (χ1v) is 8.21. The van der Waals surface area contributed by atoms with Gasteiger partial charge in [-0.25, -0.2) is 8.42 Å². The number of aldehydes is 1. The molecule has 1 aliphatic rings. The predicted molar refractivity (Wildman–Crippen MR) is 79.0 cm³/mol. The topological polar surface area (TPSA) is 84.0 Å². The quantitative estimate of drug-likeness (QED) is 0.734. The van der Waals surface area contributed by atoms with Crippen molar-refractivity contribution in [3.63, 3.8) is 0 Å². The standard InChI is InChI=1S/C14H18N2O5S/c1-11(18)15-7-8-16(12(9-15)10-17)22(19,20)14-5-3-13(21-2)4-6-14/h3-6,10,12H,7-9H2,1-2H3/t12-/m1/s1. The Hall–Kier alpha value is -1.93. The molecule has 0 saturated carbocycles. The molecule has 0 spiro atoms. The van der Waals surface area contributed by atoms with Crippen LogP contribution in [0.2, 0.25) is 0 Å². The fourth-order valence-electron chi connectivity index (χ4n) is 2.37. The molecule has 1 aromatic carbocycles. The van der Waals surface area contributed by atoms with Gasteiger partial charge in [0.05, 0.1) is 18.0 Å². The third-order valence-corrected chi connectivity index (χ3v) is 5.57. The maximum absolute atomic E-state index is 12.7. The molecule has 0 aromatic heterocycles. The van der Waals surface area contributed by atoms with Gasteiger partial charge in [0, 0.05) is 26.6 Å². The minimum Gasteiger partial charge on any atom is -0.497 e. The molecular weight excluding hydrogens is 308 g/mol. The van der Waals surface area contributed by atoms with E-state index in [1.165, 1.54) is 31.1 Å². The Morgan fingerprint density at radius 2 is 1.91 bits per heavy atom. The van der Waals surface area contributed by atoms with E-state index >= 15 is 0 Å². The predicted octanol–water partition coefficient (Wildman–Crippen LogP) is 0.115. The molecule has 120 valence electrons. The summed E-state index contributed by atoms with van der Waals surface area (Å²) < 4.78 is 31.5. The van der Waals surface area contributed by atoms with E-state index in [0.717, 1.165) is 4.31 Å². The molecule has 2 rings (SSSR count). The van der Waals surface area contributed by atoms with Crippen molar-refractivity contribution in [2.45, 2.75) is 17.9 Å². The highest BCUT2D eigenvalue weighted by Crippen LogP contribution is 2.23. The zero-order chi connectivity index (χ0) is 16.3. The van der Waals surface area contributed by atoms with E-state index in [1.54, 1.807) is 12.1 Å². The van der Waals surface area contributed by atoms with Crippen LogP contribution in [0.4, 0.5) is 0 Å². The summed E-state index contributed by atoms with van der Waals surface area (Å²) in [6.45, 7) is 1.84. The Morgan fingerprint density at radius 1 is 1.27 bits per heavy atom. The Balaban J connectivity index is 2.27. The Labute approximate surface area is 129 Å². The van der Waals surface area contributed by atoms with Crippen molar-refractivity contribution in [1.82, 2.24) is 9.21 Å². The zero-order valence-corrected chi connectivity index (χ0v) is 13.2. The van der Waals surface area contributed by atoms with Crippen LogP contribution in [-0.2, 0) is 19.6 Å². The van der Waals surface area contributed by atoms with E-state index in [9.17, 15) is 18.0 Å². The molecule has 8 heteroatoms. The van der Waals surface area contributed by atoms with Crippen LogP contribution < -0.4 is 4.74 Å². The number of amides is 1. The summed E-state index contributed by atoms with van der Waals surface area (Å²) in [4.78, 5) is 24.2. The number of carbonyl (C=O) groups is 2. The van der Waals surface area contributed by atoms with Crippen molar-refractivity contribution in [3.8, 4) is 5.75 Å². The summed E-state index contributed by atoms with van der Waals surface area (Å²) >= 11 is 0. The van der Waals surface area contributed by atoms with E-state index in [0.29, 0.717) is 12.0 Å². The van der Waals surface area contributed by atoms with Crippen LogP contribution in [0.5, 0.6) is 5.75 Å². The first-order valence-electron chi connectivity index (χ1n) is 6.77. The van der Waals surface area contributed by atoms with Crippen molar-refractivity contribution in [3.05, 3.63) is 24.3 Å². The van der Waals surface area contributed by atoms with Gasteiger partial charge in [0.1, 0.15) is 12.0 Å². The number of benzene rings is 1. The summed E-state index contributed by atoms with van der Waals surface area (Å²) in [7, 11) is -2.30. The molecule has 1 fully saturated rings. The number of hydrogen-bond acceptors (Lipinski definition) is 5. The van der Waals surface area contributed by atoms with Gasteiger partial charge in [-0.1, -0.05) is 0 Å². The van der Waals surface area contributed by atoms with Gasteiger partial charge in [0.2, 0.25) is 15.9 Å². The highest BCUT2D eigenvalue weighted by Gasteiger charge is 2.36. The first kappa shape index (κ1) is 16.4. The molecule has 0 bridgehead atoms. The van der Waals surface area contributed by atoms with E-state index < -0.39 is 16.1 Å². The van der Waals surface area contributed by atoms with Crippen molar-refractivity contribution in [1.29, 1.82) is 0 Å². The summed E-state index contributed by atoms with van der Waals surface area (Å²) in [5, 5.41) is 0. The van der Waals surface area contributed by atoms with Gasteiger partial charge in [-0.15, -0.1) is 0 Å². The fraction of sp³-hybridized carbons (Fsp3) is 0.429. The molecule has 1 heterocycles. The average molecular weight is 326 g/mol. The minimum absolute atomic E-state index is 0.0776. The number of ether oxygens (including phenoxy) is 1. The lowest BCUT2D eigenvalue weighted by Gasteiger charge is -2.37. The first-order chi connectivity index (χ1) is 10.4. The fourth-order valence-corrected chi connectivity index (χ4v) is 3.92. The highest BCUT2D eigenvalue weighted by molar-refractivity contribution is 7.89. The van der Waals surface area contributed by atoms with E-state index in [4.69, 9.17) is 4.74 Å². The van der Waals surface area contributed by atoms with Gasteiger partial charge in [-0.2, -0.15) is 4.31 Å². The van der Waals surface area contributed by atoms with E-state index in [-0.39, 0.29) is 30.4 Å². The number of methoxy groups -OCH3 is 1. The maximum Gasteiger partial charge on any atom is 0.243 e. The molecule has 1 atom stereocenters. The van der Waals surface area contributed by atoms with Crippen LogP contribution >= 0.6 is 0 Å². The van der Waals surface area contributed by atoms with Gasteiger partial charge in [-0.05, 0) is 24.3 Å². The van der Waals surface area contributed by atoms with Gasteiger partial charge >= 0.3 is 0 Å². The molecule has 1 saturated heterocycles. The number of piperazine rings is 1. The molecule has 0 unspecified atom stereocenters. The summed E-state index contributed by atoms with van der Waals surface area (Å²) in [5.41, 5.74) is 0. The molecule has 1 aliphatic heterocycles. The average Bonchev–Trinajstić information content (AvgIpc) is 2.54. The van der Waals surface area contributed by atoms with Gasteiger partial charge in [-0.3, -0.25) is 4.79 Å².